The minimum absolute atomic E-state index is 0.0206. The summed E-state index contributed by atoms with van der Waals surface area (Å²) in [6.45, 7) is 0. The van der Waals surface area contributed by atoms with E-state index in [1.807, 2.05) is 0 Å². The van der Waals surface area contributed by atoms with Crippen molar-refractivity contribution in [3.63, 3.8) is 0 Å². The van der Waals surface area contributed by atoms with Gasteiger partial charge in [0.15, 0.2) is 0 Å². The summed E-state index contributed by atoms with van der Waals surface area (Å²) in [6.07, 6.45) is 3.88. The molecule has 2 atom stereocenters. The lowest BCUT2D eigenvalue weighted by molar-refractivity contribution is 0.427. The molecule has 0 heterocycles. The van der Waals surface area contributed by atoms with Gasteiger partial charge >= 0.3 is 0 Å². The Balaban J connectivity index is 2.16. The van der Waals surface area contributed by atoms with Crippen molar-refractivity contribution in [3.8, 4) is 0 Å². The Morgan fingerprint density at radius 2 is 2.00 bits per heavy atom. The molecule has 1 fully saturated rings. The van der Waals surface area contributed by atoms with Gasteiger partial charge in [0.1, 0.15) is 5.82 Å². The van der Waals surface area contributed by atoms with E-state index < -0.39 is 15.8 Å². The van der Waals surface area contributed by atoms with Gasteiger partial charge in [0.2, 0.25) is 10.0 Å². The molecule has 0 bridgehead atoms. The highest BCUT2D eigenvalue weighted by atomic mass is 79.9. The maximum Gasteiger partial charge on any atom is 0.240 e. The van der Waals surface area contributed by atoms with Crippen molar-refractivity contribution in [1.29, 1.82) is 0 Å². The third kappa shape index (κ3) is 3.30. The molecule has 18 heavy (non-hydrogen) atoms. The van der Waals surface area contributed by atoms with Gasteiger partial charge in [-0.25, -0.2) is 17.5 Å². The van der Waals surface area contributed by atoms with Crippen molar-refractivity contribution in [2.75, 3.05) is 0 Å². The zero-order chi connectivity index (χ0) is 13.2. The predicted molar refractivity (Wildman–Crippen MR) is 71.7 cm³/mol. The molecule has 1 aliphatic rings. The summed E-state index contributed by atoms with van der Waals surface area (Å²) in [5, 5.41) is 0. The molecule has 2 rings (SSSR count). The summed E-state index contributed by atoms with van der Waals surface area (Å²) < 4.78 is 39.9. The van der Waals surface area contributed by atoms with Crippen molar-refractivity contribution in [3.05, 3.63) is 30.1 Å². The smallest absolute Gasteiger partial charge is 0.207 e. The third-order valence-corrected chi connectivity index (χ3v) is 5.68. The number of rotatable bonds is 3. The van der Waals surface area contributed by atoms with Gasteiger partial charge in [0, 0.05) is 10.9 Å². The molecule has 0 aromatic heterocycles. The number of halogens is 2. The van der Waals surface area contributed by atoms with Gasteiger partial charge in [-0.2, -0.15) is 0 Å². The van der Waals surface area contributed by atoms with Crippen LogP contribution in [0.5, 0.6) is 0 Å². The maximum absolute atomic E-state index is 13.1. The molecule has 0 radical (unpaired) electrons. The van der Waals surface area contributed by atoms with Crippen LogP contribution in [0, 0.1) is 5.82 Å². The molecule has 2 unspecified atom stereocenters. The molecular weight excluding hydrogens is 321 g/mol. The van der Waals surface area contributed by atoms with Crippen LogP contribution in [0.4, 0.5) is 4.39 Å². The van der Waals surface area contributed by atoms with Crippen LogP contribution >= 0.6 is 15.9 Å². The lowest BCUT2D eigenvalue weighted by atomic mass is 9.96. The number of alkyl halides is 1. The molecule has 0 saturated heterocycles. The van der Waals surface area contributed by atoms with Crippen LogP contribution in [0.1, 0.15) is 25.7 Å². The van der Waals surface area contributed by atoms with Crippen molar-refractivity contribution in [1.82, 2.24) is 4.72 Å². The summed E-state index contributed by atoms with van der Waals surface area (Å²) in [5.41, 5.74) is 0. The van der Waals surface area contributed by atoms with E-state index in [-0.39, 0.29) is 15.8 Å². The minimum Gasteiger partial charge on any atom is -0.207 e. The second-order valence-electron chi connectivity index (χ2n) is 4.49. The molecular formula is C12H15BrFNO2S. The fourth-order valence-electron chi connectivity index (χ4n) is 2.12. The Labute approximate surface area is 115 Å². The van der Waals surface area contributed by atoms with Crippen molar-refractivity contribution < 1.29 is 12.8 Å². The molecule has 0 spiro atoms. The molecule has 3 nitrogen and oxygen atoms in total. The van der Waals surface area contributed by atoms with Crippen LogP contribution in [-0.2, 0) is 10.0 Å². The molecule has 1 aliphatic carbocycles. The summed E-state index contributed by atoms with van der Waals surface area (Å²) >= 11 is 3.49. The average molecular weight is 336 g/mol. The van der Waals surface area contributed by atoms with Gasteiger partial charge in [-0.15, -0.1) is 0 Å². The number of hydrogen-bond acceptors (Lipinski definition) is 2. The summed E-state index contributed by atoms with van der Waals surface area (Å²) in [6, 6.07) is 4.95. The molecule has 0 aliphatic heterocycles. The second kappa shape index (κ2) is 5.67. The Morgan fingerprint density at radius 1 is 1.28 bits per heavy atom. The number of nitrogens with one attached hydrogen (secondary N) is 1. The van der Waals surface area contributed by atoms with Gasteiger partial charge < -0.3 is 0 Å². The lowest BCUT2D eigenvalue weighted by Gasteiger charge is -2.27. The standard InChI is InChI=1S/C12H15BrFNO2S/c13-11-6-1-2-7-12(11)15-18(16,17)10-5-3-4-9(14)8-10/h3-5,8,11-12,15H,1-2,6-7H2. The van der Waals surface area contributed by atoms with E-state index in [1.54, 1.807) is 0 Å². The predicted octanol–water partition coefficient (Wildman–Crippen LogP) is 2.81. The monoisotopic (exact) mass is 335 g/mol. The largest absolute Gasteiger partial charge is 0.240 e. The van der Waals surface area contributed by atoms with Gasteiger partial charge in [-0.3, -0.25) is 0 Å². The summed E-state index contributed by atoms with van der Waals surface area (Å²) in [4.78, 5) is 0.127. The fourth-order valence-corrected chi connectivity index (χ4v) is 4.36. The molecule has 6 heteroatoms. The topological polar surface area (TPSA) is 46.2 Å². The molecule has 1 aromatic carbocycles. The van der Waals surface area contributed by atoms with E-state index in [4.69, 9.17) is 0 Å². The molecule has 1 N–H and O–H groups in total. The van der Waals surface area contributed by atoms with E-state index in [9.17, 15) is 12.8 Å². The van der Waals surface area contributed by atoms with Gasteiger partial charge in [0.25, 0.3) is 0 Å². The Kier molecular flexibility index (Phi) is 4.40. The van der Waals surface area contributed by atoms with Crippen LogP contribution < -0.4 is 4.72 Å². The number of hydrogen-bond donors (Lipinski definition) is 1. The van der Waals surface area contributed by atoms with E-state index in [0.717, 1.165) is 31.7 Å². The van der Waals surface area contributed by atoms with E-state index in [0.29, 0.717) is 0 Å². The first-order valence-electron chi connectivity index (χ1n) is 5.91. The van der Waals surface area contributed by atoms with Crippen LogP contribution in [-0.4, -0.2) is 19.3 Å². The van der Waals surface area contributed by atoms with Crippen LogP contribution in [0.2, 0.25) is 0 Å². The van der Waals surface area contributed by atoms with Crippen LogP contribution in [0.25, 0.3) is 0 Å². The zero-order valence-electron chi connectivity index (χ0n) is 9.77. The van der Waals surface area contributed by atoms with E-state index in [1.165, 1.54) is 18.2 Å². The fraction of sp³-hybridized carbons (Fsp3) is 0.500. The molecule has 1 aromatic rings. The molecule has 1 saturated carbocycles. The normalized spacial score (nSPS) is 25.0. The first kappa shape index (κ1) is 14.0. The van der Waals surface area contributed by atoms with E-state index in [2.05, 4.69) is 20.7 Å². The van der Waals surface area contributed by atoms with Gasteiger partial charge in [-0.05, 0) is 31.0 Å². The molecule has 100 valence electrons. The summed E-state index contributed by atoms with van der Waals surface area (Å²) in [7, 11) is -3.64. The SMILES string of the molecule is O=S(=O)(NC1CCCCC1Br)c1cccc(F)c1. The first-order valence-corrected chi connectivity index (χ1v) is 8.31. The van der Waals surface area contributed by atoms with Crippen molar-refractivity contribution >= 4 is 26.0 Å². The lowest BCUT2D eigenvalue weighted by Crippen LogP contribution is -2.42. The highest BCUT2D eigenvalue weighted by molar-refractivity contribution is 9.09. The van der Waals surface area contributed by atoms with Crippen LogP contribution in [0.3, 0.4) is 0 Å². The number of benzene rings is 1. The Hall–Kier alpha value is -0.460. The maximum atomic E-state index is 13.1. The highest BCUT2D eigenvalue weighted by Crippen LogP contribution is 2.26. The van der Waals surface area contributed by atoms with Crippen molar-refractivity contribution in [2.24, 2.45) is 0 Å². The Bertz CT molecular complexity index is 521. The first-order chi connectivity index (χ1) is 8.49. The zero-order valence-corrected chi connectivity index (χ0v) is 12.2. The average Bonchev–Trinajstić information content (AvgIpc) is 2.32. The second-order valence-corrected chi connectivity index (χ2v) is 7.38. The minimum atomic E-state index is -3.64. The van der Waals surface area contributed by atoms with Crippen LogP contribution in [0.15, 0.2) is 29.2 Å². The summed E-state index contributed by atoms with van der Waals surface area (Å²) in [5.74, 6) is -0.545. The third-order valence-electron chi connectivity index (χ3n) is 3.09. The molecule has 0 amide bonds. The van der Waals surface area contributed by atoms with Gasteiger partial charge in [0.05, 0.1) is 4.90 Å². The van der Waals surface area contributed by atoms with E-state index >= 15 is 0 Å². The Morgan fingerprint density at radius 3 is 2.67 bits per heavy atom. The van der Waals surface area contributed by atoms with Crippen molar-refractivity contribution in [2.45, 2.75) is 41.4 Å². The quantitative estimate of drug-likeness (QED) is 0.863. The highest BCUT2D eigenvalue weighted by Gasteiger charge is 2.27. The number of sulfonamides is 1. The van der Waals surface area contributed by atoms with Gasteiger partial charge in [-0.1, -0.05) is 34.8 Å².